The van der Waals surface area contributed by atoms with Crippen LogP contribution < -0.4 is 5.73 Å². The van der Waals surface area contributed by atoms with Crippen LogP contribution in [0.25, 0.3) is 0 Å². The first kappa shape index (κ1) is 9.32. The predicted molar refractivity (Wildman–Crippen MR) is 45.7 cm³/mol. The van der Waals surface area contributed by atoms with Crippen molar-refractivity contribution < 1.29 is 9.53 Å². The molecule has 1 aliphatic rings. The van der Waals surface area contributed by atoms with E-state index in [0.717, 1.165) is 0 Å². The summed E-state index contributed by atoms with van der Waals surface area (Å²) in [6, 6.07) is 0. The van der Waals surface area contributed by atoms with Gasteiger partial charge in [-0.3, -0.25) is 0 Å². The summed E-state index contributed by atoms with van der Waals surface area (Å²) < 4.78 is 4.56. The second-order valence-corrected chi connectivity index (χ2v) is 3.71. The summed E-state index contributed by atoms with van der Waals surface area (Å²) in [7, 11) is 1.38. The highest BCUT2D eigenvalue weighted by atomic mass is 16.5. The SMILES string of the molecule is COC(=O)N1CC(N)(C(C)C)C1. The summed E-state index contributed by atoms with van der Waals surface area (Å²) in [5.41, 5.74) is 5.78. The molecule has 1 heterocycles. The van der Waals surface area contributed by atoms with Gasteiger partial charge < -0.3 is 15.4 Å². The van der Waals surface area contributed by atoms with Crippen molar-refractivity contribution in [2.45, 2.75) is 19.4 Å². The first-order valence-corrected chi connectivity index (χ1v) is 4.11. The third-order valence-electron chi connectivity index (χ3n) is 2.55. The summed E-state index contributed by atoms with van der Waals surface area (Å²) in [5.74, 6) is 0.401. The van der Waals surface area contributed by atoms with Crippen molar-refractivity contribution in [3.63, 3.8) is 0 Å². The number of hydrogen-bond acceptors (Lipinski definition) is 3. The molecule has 0 unspecified atom stereocenters. The zero-order chi connectivity index (χ0) is 9.35. The Morgan fingerprint density at radius 3 is 2.42 bits per heavy atom. The molecule has 70 valence electrons. The highest BCUT2D eigenvalue weighted by Gasteiger charge is 2.44. The van der Waals surface area contributed by atoms with Crippen LogP contribution in [0.4, 0.5) is 4.79 Å². The van der Waals surface area contributed by atoms with Crippen LogP contribution in [-0.2, 0) is 4.74 Å². The Hall–Kier alpha value is -0.770. The Balaban J connectivity index is 2.41. The second-order valence-electron chi connectivity index (χ2n) is 3.71. The van der Waals surface area contributed by atoms with Crippen LogP contribution in [0.3, 0.4) is 0 Å². The van der Waals surface area contributed by atoms with Gasteiger partial charge in [0.2, 0.25) is 0 Å². The maximum atomic E-state index is 11.0. The number of hydrogen-bond donors (Lipinski definition) is 1. The molecular formula is C8H16N2O2. The number of likely N-dealkylation sites (tertiary alicyclic amines) is 1. The van der Waals surface area contributed by atoms with Crippen LogP contribution in [0.15, 0.2) is 0 Å². The first-order valence-electron chi connectivity index (χ1n) is 4.11. The molecule has 0 radical (unpaired) electrons. The molecule has 12 heavy (non-hydrogen) atoms. The highest BCUT2D eigenvalue weighted by molar-refractivity contribution is 5.69. The van der Waals surface area contributed by atoms with Gasteiger partial charge in [0.25, 0.3) is 0 Å². The molecule has 4 heteroatoms. The van der Waals surface area contributed by atoms with Crippen molar-refractivity contribution in [2.75, 3.05) is 20.2 Å². The highest BCUT2D eigenvalue weighted by Crippen LogP contribution is 2.26. The van der Waals surface area contributed by atoms with Gasteiger partial charge in [-0.2, -0.15) is 0 Å². The fraction of sp³-hybridized carbons (Fsp3) is 0.875. The van der Waals surface area contributed by atoms with Crippen molar-refractivity contribution in [3.8, 4) is 0 Å². The monoisotopic (exact) mass is 172 g/mol. The van der Waals surface area contributed by atoms with Crippen LogP contribution in [-0.4, -0.2) is 36.7 Å². The minimum Gasteiger partial charge on any atom is -0.453 e. The summed E-state index contributed by atoms with van der Waals surface area (Å²) in [5, 5.41) is 0. The van der Waals surface area contributed by atoms with Gasteiger partial charge in [0.05, 0.1) is 12.6 Å². The fourth-order valence-electron chi connectivity index (χ4n) is 1.29. The van der Waals surface area contributed by atoms with E-state index in [9.17, 15) is 4.79 Å². The maximum absolute atomic E-state index is 11.0. The van der Waals surface area contributed by atoms with Gasteiger partial charge in [-0.15, -0.1) is 0 Å². The van der Waals surface area contributed by atoms with Gasteiger partial charge in [-0.05, 0) is 5.92 Å². The van der Waals surface area contributed by atoms with E-state index in [0.29, 0.717) is 19.0 Å². The van der Waals surface area contributed by atoms with Crippen LogP contribution in [0.2, 0.25) is 0 Å². The molecule has 0 spiro atoms. The summed E-state index contributed by atoms with van der Waals surface area (Å²) in [6.07, 6.45) is -0.281. The Morgan fingerprint density at radius 1 is 1.58 bits per heavy atom. The van der Waals surface area contributed by atoms with Gasteiger partial charge in [-0.25, -0.2) is 4.79 Å². The van der Waals surface area contributed by atoms with E-state index < -0.39 is 0 Å². The molecule has 1 amide bonds. The molecule has 4 nitrogen and oxygen atoms in total. The number of rotatable bonds is 1. The standard InChI is InChI=1S/C8H16N2O2/c1-6(2)8(9)4-10(5-8)7(11)12-3/h6H,4-5,9H2,1-3H3. The first-order chi connectivity index (χ1) is 5.49. The van der Waals surface area contributed by atoms with E-state index >= 15 is 0 Å². The largest absolute Gasteiger partial charge is 0.453 e. The Kier molecular flexibility index (Phi) is 2.28. The van der Waals surface area contributed by atoms with E-state index in [2.05, 4.69) is 18.6 Å². The molecule has 0 bridgehead atoms. The summed E-state index contributed by atoms with van der Waals surface area (Å²) >= 11 is 0. The van der Waals surface area contributed by atoms with Crippen molar-refractivity contribution in [3.05, 3.63) is 0 Å². The second kappa shape index (κ2) is 2.94. The molecule has 1 aliphatic heterocycles. The molecule has 0 atom stereocenters. The molecule has 0 aromatic carbocycles. The molecule has 0 aliphatic carbocycles. The normalized spacial score (nSPS) is 20.6. The van der Waals surface area contributed by atoms with E-state index in [-0.39, 0.29) is 11.6 Å². The van der Waals surface area contributed by atoms with Crippen molar-refractivity contribution >= 4 is 6.09 Å². The summed E-state index contributed by atoms with van der Waals surface area (Å²) in [6.45, 7) is 5.35. The minimum absolute atomic E-state index is 0.200. The topological polar surface area (TPSA) is 55.6 Å². The zero-order valence-electron chi connectivity index (χ0n) is 7.83. The van der Waals surface area contributed by atoms with Crippen LogP contribution in [0.1, 0.15) is 13.8 Å². The van der Waals surface area contributed by atoms with Gasteiger partial charge in [0.1, 0.15) is 0 Å². The average molecular weight is 172 g/mol. The molecule has 1 fully saturated rings. The lowest BCUT2D eigenvalue weighted by Gasteiger charge is -2.49. The molecular weight excluding hydrogens is 156 g/mol. The number of nitrogens with zero attached hydrogens (tertiary/aromatic N) is 1. The van der Waals surface area contributed by atoms with E-state index in [1.54, 1.807) is 4.90 Å². The van der Waals surface area contributed by atoms with Crippen LogP contribution >= 0.6 is 0 Å². The molecule has 2 N–H and O–H groups in total. The fourth-order valence-corrected chi connectivity index (χ4v) is 1.29. The van der Waals surface area contributed by atoms with Crippen molar-refractivity contribution in [1.29, 1.82) is 0 Å². The number of carbonyl (C=O) groups is 1. The lowest BCUT2D eigenvalue weighted by atomic mass is 9.81. The Morgan fingerprint density at radius 2 is 2.08 bits per heavy atom. The minimum atomic E-state index is -0.281. The number of methoxy groups -OCH3 is 1. The van der Waals surface area contributed by atoms with Gasteiger partial charge >= 0.3 is 6.09 Å². The number of amides is 1. The smallest absolute Gasteiger partial charge is 0.409 e. The third kappa shape index (κ3) is 1.39. The van der Waals surface area contributed by atoms with E-state index in [1.807, 2.05) is 0 Å². The van der Waals surface area contributed by atoms with Crippen LogP contribution in [0.5, 0.6) is 0 Å². The molecule has 0 saturated carbocycles. The quantitative estimate of drug-likeness (QED) is 0.623. The van der Waals surface area contributed by atoms with Gasteiger partial charge in [0.15, 0.2) is 0 Å². The summed E-state index contributed by atoms with van der Waals surface area (Å²) in [4.78, 5) is 12.6. The Bertz CT molecular complexity index is 185. The van der Waals surface area contributed by atoms with Crippen LogP contribution in [0, 0.1) is 5.92 Å². The maximum Gasteiger partial charge on any atom is 0.409 e. The third-order valence-corrected chi connectivity index (χ3v) is 2.55. The lowest BCUT2D eigenvalue weighted by Crippen LogP contribution is -2.71. The number of carbonyl (C=O) groups excluding carboxylic acids is 1. The average Bonchev–Trinajstić information content (AvgIpc) is 1.96. The molecule has 1 saturated heterocycles. The zero-order valence-corrected chi connectivity index (χ0v) is 7.83. The lowest BCUT2D eigenvalue weighted by molar-refractivity contribution is 0.0312. The van der Waals surface area contributed by atoms with E-state index in [4.69, 9.17) is 5.73 Å². The predicted octanol–water partition coefficient (Wildman–Crippen LogP) is 0.422. The van der Waals surface area contributed by atoms with Crippen molar-refractivity contribution in [1.82, 2.24) is 4.90 Å². The van der Waals surface area contributed by atoms with Gasteiger partial charge in [0, 0.05) is 13.1 Å². The molecule has 0 aromatic heterocycles. The number of nitrogens with two attached hydrogens (primary N) is 1. The molecule has 0 aromatic rings. The molecule has 1 rings (SSSR count). The van der Waals surface area contributed by atoms with E-state index in [1.165, 1.54) is 7.11 Å². The Labute approximate surface area is 72.7 Å². The van der Waals surface area contributed by atoms with Crippen molar-refractivity contribution in [2.24, 2.45) is 11.7 Å². The van der Waals surface area contributed by atoms with Gasteiger partial charge in [-0.1, -0.05) is 13.8 Å². The number of ether oxygens (including phenoxy) is 1.